The van der Waals surface area contributed by atoms with Gasteiger partial charge in [0.05, 0.1) is 17.8 Å². The zero-order chi connectivity index (χ0) is 19.2. The molecule has 0 aliphatic rings. The molecule has 3 rings (SSSR count). The number of hydrogen-bond donors (Lipinski definition) is 0. The summed E-state index contributed by atoms with van der Waals surface area (Å²) in [4.78, 5) is 4.80. The number of halogens is 2. The van der Waals surface area contributed by atoms with Crippen LogP contribution in [0.5, 0.6) is 5.75 Å². The van der Waals surface area contributed by atoms with E-state index in [1.807, 2.05) is 42.5 Å². The molecule has 0 fully saturated rings. The first-order valence-corrected chi connectivity index (χ1v) is 9.71. The van der Waals surface area contributed by atoms with Crippen molar-refractivity contribution in [2.75, 3.05) is 7.11 Å². The van der Waals surface area contributed by atoms with Gasteiger partial charge in [-0.05, 0) is 48.4 Å². The molecule has 5 heteroatoms. The highest BCUT2D eigenvalue weighted by molar-refractivity contribution is 6.36. The van der Waals surface area contributed by atoms with Crippen LogP contribution in [0.2, 0.25) is 10.0 Å². The van der Waals surface area contributed by atoms with Gasteiger partial charge in [-0.15, -0.1) is 0 Å². The van der Waals surface area contributed by atoms with Crippen LogP contribution >= 0.6 is 23.2 Å². The molecular weight excluding hydrogens is 379 g/mol. The van der Waals surface area contributed by atoms with Crippen LogP contribution in [0.15, 0.2) is 48.7 Å². The monoisotopic (exact) mass is 400 g/mol. The van der Waals surface area contributed by atoms with E-state index in [-0.39, 0.29) is 0 Å². The summed E-state index contributed by atoms with van der Waals surface area (Å²) in [6, 6.07) is 13.4. The van der Waals surface area contributed by atoms with Gasteiger partial charge in [0.15, 0.2) is 0 Å². The Kier molecular flexibility index (Phi) is 6.59. The van der Waals surface area contributed by atoms with E-state index < -0.39 is 0 Å². The van der Waals surface area contributed by atoms with Gasteiger partial charge < -0.3 is 9.30 Å². The third-order valence-electron chi connectivity index (χ3n) is 4.31. The number of rotatable bonds is 7. The Labute approximate surface area is 170 Å². The van der Waals surface area contributed by atoms with Crippen molar-refractivity contribution in [1.29, 1.82) is 0 Å². The van der Waals surface area contributed by atoms with E-state index in [0.29, 0.717) is 10.0 Å². The van der Waals surface area contributed by atoms with Crippen LogP contribution < -0.4 is 4.74 Å². The van der Waals surface area contributed by atoms with Crippen molar-refractivity contribution >= 4 is 35.4 Å². The van der Waals surface area contributed by atoms with Gasteiger partial charge >= 0.3 is 0 Å². The molecule has 0 spiro atoms. The first-order valence-electron chi connectivity index (χ1n) is 8.95. The van der Waals surface area contributed by atoms with Gasteiger partial charge in [0.2, 0.25) is 0 Å². The molecule has 0 N–H and O–H groups in total. The number of benzene rings is 2. The molecule has 0 saturated heterocycles. The maximum Gasteiger partial charge on any atom is 0.133 e. The summed E-state index contributed by atoms with van der Waals surface area (Å²) in [7, 11) is 1.67. The number of unbranched alkanes of at least 4 members (excludes halogenated alkanes) is 1. The summed E-state index contributed by atoms with van der Waals surface area (Å²) in [5.74, 6) is 1.75. The molecule has 0 amide bonds. The van der Waals surface area contributed by atoms with Gasteiger partial charge in [0.1, 0.15) is 11.6 Å². The predicted octanol–water partition coefficient (Wildman–Crippen LogP) is 6.84. The first kappa shape index (κ1) is 19.5. The number of aromatic nitrogens is 2. The predicted molar refractivity (Wildman–Crippen MR) is 115 cm³/mol. The van der Waals surface area contributed by atoms with Crippen molar-refractivity contribution in [3.05, 3.63) is 70.1 Å². The van der Waals surface area contributed by atoms with Gasteiger partial charge in [-0.3, -0.25) is 0 Å². The maximum absolute atomic E-state index is 6.37. The van der Waals surface area contributed by atoms with Gasteiger partial charge in [-0.2, -0.15) is 0 Å². The maximum atomic E-state index is 6.37. The second kappa shape index (κ2) is 9.12. The lowest BCUT2D eigenvalue weighted by atomic mass is 10.2. The zero-order valence-corrected chi connectivity index (χ0v) is 17.0. The van der Waals surface area contributed by atoms with Crippen LogP contribution in [0.4, 0.5) is 0 Å². The van der Waals surface area contributed by atoms with Crippen LogP contribution in [0, 0.1) is 0 Å². The van der Waals surface area contributed by atoms with Gasteiger partial charge in [-0.25, -0.2) is 4.98 Å². The summed E-state index contributed by atoms with van der Waals surface area (Å²) in [5, 5.41) is 1.22. The van der Waals surface area contributed by atoms with Crippen LogP contribution in [-0.4, -0.2) is 16.7 Å². The molecule has 3 aromatic rings. The molecule has 2 aromatic carbocycles. The van der Waals surface area contributed by atoms with Crippen molar-refractivity contribution in [2.45, 2.75) is 26.3 Å². The molecule has 0 unspecified atom stereocenters. The van der Waals surface area contributed by atoms with E-state index in [1.54, 1.807) is 13.2 Å². The number of hydrogen-bond acceptors (Lipinski definition) is 2. The molecule has 0 aliphatic carbocycles. The van der Waals surface area contributed by atoms with Crippen molar-refractivity contribution < 1.29 is 4.74 Å². The lowest BCUT2D eigenvalue weighted by Crippen LogP contribution is -1.98. The molecule has 0 aliphatic heterocycles. The minimum absolute atomic E-state index is 0.605. The summed E-state index contributed by atoms with van der Waals surface area (Å²) in [6.07, 6.45) is 8.35. The fourth-order valence-corrected chi connectivity index (χ4v) is 3.29. The highest BCUT2D eigenvalue weighted by Crippen LogP contribution is 2.30. The van der Waals surface area contributed by atoms with Crippen molar-refractivity contribution in [2.24, 2.45) is 0 Å². The van der Waals surface area contributed by atoms with E-state index in [9.17, 15) is 0 Å². The van der Waals surface area contributed by atoms with Crippen molar-refractivity contribution in [3.63, 3.8) is 0 Å². The highest BCUT2D eigenvalue weighted by atomic mass is 35.5. The average Bonchev–Trinajstić information content (AvgIpc) is 3.07. The van der Waals surface area contributed by atoms with Crippen LogP contribution in [-0.2, 0) is 6.54 Å². The van der Waals surface area contributed by atoms with E-state index in [1.165, 1.54) is 0 Å². The number of nitrogens with zero attached hydrogens (tertiary/aromatic N) is 2. The number of ether oxygens (including phenoxy) is 1. The van der Waals surface area contributed by atoms with Gasteiger partial charge in [0.25, 0.3) is 0 Å². The molecule has 140 valence electrons. The molecule has 1 aromatic heterocycles. The molecule has 0 atom stereocenters. The van der Waals surface area contributed by atoms with E-state index in [2.05, 4.69) is 23.8 Å². The second-order valence-corrected chi connectivity index (χ2v) is 7.11. The van der Waals surface area contributed by atoms with Crippen molar-refractivity contribution in [1.82, 2.24) is 9.55 Å². The SMILES string of the molecule is CCCCn1cc(-c2ccc(Cl)cc2Cl)nc1C=Cc1ccc(OC)cc1. The molecule has 1 heterocycles. The van der Waals surface area contributed by atoms with Gasteiger partial charge in [0, 0.05) is 23.3 Å². The first-order chi connectivity index (χ1) is 13.1. The molecular formula is C22H22Cl2N2O. The normalized spacial score (nSPS) is 11.3. The number of aryl methyl sites for hydroxylation is 1. The second-order valence-electron chi connectivity index (χ2n) is 6.26. The molecule has 0 bridgehead atoms. The highest BCUT2D eigenvalue weighted by Gasteiger charge is 2.11. The van der Waals surface area contributed by atoms with Crippen LogP contribution in [0.1, 0.15) is 31.2 Å². The quantitative estimate of drug-likeness (QED) is 0.434. The number of methoxy groups -OCH3 is 1. The summed E-state index contributed by atoms with van der Waals surface area (Å²) in [5.41, 5.74) is 2.82. The molecule has 27 heavy (non-hydrogen) atoms. The molecule has 3 nitrogen and oxygen atoms in total. The smallest absolute Gasteiger partial charge is 0.133 e. The minimum Gasteiger partial charge on any atom is -0.497 e. The lowest BCUT2D eigenvalue weighted by molar-refractivity contribution is 0.415. The third-order valence-corrected chi connectivity index (χ3v) is 4.86. The number of imidazole rings is 1. The Morgan fingerprint density at radius 2 is 1.85 bits per heavy atom. The molecule has 0 saturated carbocycles. The fraction of sp³-hybridized carbons (Fsp3) is 0.227. The van der Waals surface area contributed by atoms with E-state index in [0.717, 1.165) is 47.8 Å². The summed E-state index contributed by atoms with van der Waals surface area (Å²) in [6.45, 7) is 3.10. The Bertz CT molecular complexity index is 930. The Morgan fingerprint density at radius 3 is 2.52 bits per heavy atom. The third kappa shape index (κ3) is 4.94. The van der Waals surface area contributed by atoms with E-state index in [4.69, 9.17) is 32.9 Å². The average molecular weight is 401 g/mol. The Morgan fingerprint density at radius 1 is 1.07 bits per heavy atom. The Balaban J connectivity index is 1.92. The van der Waals surface area contributed by atoms with Gasteiger partial charge in [-0.1, -0.05) is 54.8 Å². The summed E-state index contributed by atoms with van der Waals surface area (Å²) >= 11 is 12.4. The lowest BCUT2D eigenvalue weighted by Gasteiger charge is -2.03. The van der Waals surface area contributed by atoms with E-state index >= 15 is 0 Å². The fourth-order valence-electron chi connectivity index (χ4n) is 2.78. The summed E-state index contributed by atoms with van der Waals surface area (Å²) < 4.78 is 7.38. The van der Waals surface area contributed by atoms with Crippen LogP contribution in [0.3, 0.4) is 0 Å². The Hall–Kier alpha value is -2.23. The minimum atomic E-state index is 0.605. The van der Waals surface area contributed by atoms with Crippen molar-refractivity contribution in [3.8, 4) is 17.0 Å². The zero-order valence-electron chi connectivity index (χ0n) is 15.5. The topological polar surface area (TPSA) is 27.1 Å². The molecule has 0 radical (unpaired) electrons. The largest absolute Gasteiger partial charge is 0.497 e. The standard InChI is InChI=1S/C22H22Cl2N2O/c1-3-4-13-26-15-21(19-11-8-17(23)14-20(19)24)25-22(26)12-7-16-5-9-18(27-2)10-6-16/h5-12,14-15H,3-4,13H2,1-2H3. The van der Waals surface area contributed by atoms with Crippen LogP contribution in [0.25, 0.3) is 23.4 Å².